The summed E-state index contributed by atoms with van der Waals surface area (Å²) in [5.74, 6) is 0. The molecule has 0 aliphatic heterocycles. The summed E-state index contributed by atoms with van der Waals surface area (Å²) >= 11 is 0. The van der Waals surface area contributed by atoms with Crippen molar-refractivity contribution in [2.24, 2.45) is 0 Å². The van der Waals surface area contributed by atoms with Gasteiger partial charge in [0.05, 0.1) is 7.82 Å². The minimum Gasteiger partial charge on any atom is -0.790 e. The summed E-state index contributed by atoms with van der Waals surface area (Å²) in [5, 5.41) is 0. The third-order valence-electron chi connectivity index (χ3n) is 0.224. The second-order valence-electron chi connectivity index (χ2n) is 0.630. The molecular weight excluding hydrogens is 177 g/mol. The van der Waals surface area contributed by atoms with E-state index in [9.17, 15) is 14.4 Å². The number of phosphoric acid groups is 1. The fourth-order valence-electron chi connectivity index (χ4n) is 0. The second-order valence-corrected chi connectivity index (χ2v) is 1.89. The largest absolute Gasteiger partial charge is 1.00 e. The first-order valence-electron chi connectivity index (χ1n) is 1.14. The molecule has 0 aliphatic rings. The molecule has 0 spiro atoms. The third kappa shape index (κ3) is 25.8. The minimum atomic E-state index is -4.65. The van der Waals surface area contributed by atoms with Gasteiger partial charge in [0.15, 0.2) is 0 Å². The van der Waals surface area contributed by atoms with Gasteiger partial charge < -0.3 is 18.9 Å². The van der Waals surface area contributed by atoms with Crippen molar-refractivity contribution in [1.29, 1.82) is 0 Å². The zero-order chi connectivity index (χ0) is 5.21. The van der Waals surface area contributed by atoms with Crippen molar-refractivity contribution in [2.45, 2.75) is 0 Å². The molecule has 0 radical (unpaired) electrons. The summed E-state index contributed by atoms with van der Waals surface area (Å²) in [5.41, 5.74) is 0. The number of hydrogen-bond donors (Lipinski definition) is 0. The quantitative estimate of drug-likeness (QED) is 0.296. The zero-order valence-corrected chi connectivity index (χ0v) is 7.43. The molecule has 0 aromatic rings. The van der Waals surface area contributed by atoms with E-state index in [0.29, 0.717) is 0 Å². The Morgan fingerprint density at radius 1 is 1.33 bits per heavy atom. The van der Waals surface area contributed by atoms with Gasteiger partial charge in [0.25, 0.3) is 0 Å². The standard InChI is InChI=1S/CH5O4P.Fe.2Li/c1-5-6(2,3)4;;;/h1H3,(H2,2,3,4);;;/q;;2*+1/p-2. The fourth-order valence-corrected chi connectivity index (χ4v) is 0. The number of rotatable bonds is 1. The first kappa shape index (κ1) is 22.4. The molecule has 0 atom stereocenters. The molecule has 8 heteroatoms. The zero-order valence-electron chi connectivity index (χ0n) is 5.43. The van der Waals surface area contributed by atoms with Gasteiger partial charge >= 0.3 is 37.7 Å². The van der Waals surface area contributed by atoms with Crippen molar-refractivity contribution in [1.82, 2.24) is 0 Å². The van der Waals surface area contributed by atoms with Crippen LogP contribution >= 0.6 is 7.82 Å². The van der Waals surface area contributed by atoms with Crippen molar-refractivity contribution in [3.8, 4) is 0 Å². The smallest absolute Gasteiger partial charge is 0.790 e. The van der Waals surface area contributed by atoms with E-state index in [0.717, 1.165) is 7.11 Å². The van der Waals surface area contributed by atoms with E-state index in [4.69, 9.17) is 0 Å². The molecule has 0 heterocycles. The summed E-state index contributed by atoms with van der Waals surface area (Å²) in [6.45, 7) is 0. The van der Waals surface area contributed by atoms with E-state index in [1.54, 1.807) is 0 Å². The van der Waals surface area contributed by atoms with Crippen LogP contribution < -0.4 is 47.5 Å². The molecule has 0 bridgehead atoms. The summed E-state index contributed by atoms with van der Waals surface area (Å²) < 4.78 is 12.6. The summed E-state index contributed by atoms with van der Waals surface area (Å²) in [6.07, 6.45) is 0. The van der Waals surface area contributed by atoms with E-state index in [-0.39, 0.29) is 54.8 Å². The predicted octanol–water partition coefficient (Wildman–Crippen LogP) is -7.53. The Hall–Kier alpha value is 1.82. The maximum absolute atomic E-state index is 9.25. The third-order valence-corrected chi connectivity index (χ3v) is 0.671. The van der Waals surface area contributed by atoms with E-state index < -0.39 is 7.82 Å². The Balaban J connectivity index is -0.0000000417. The van der Waals surface area contributed by atoms with Gasteiger partial charge in [-0.2, -0.15) is 0 Å². The Labute approximate surface area is 88.2 Å². The summed E-state index contributed by atoms with van der Waals surface area (Å²) in [4.78, 5) is 18.5. The van der Waals surface area contributed by atoms with Crippen molar-refractivity contribution in [3.63, 3.8) is 0 Å². The fraction of sp³-hybridized carbons (Fsp3) is 1.00. The first-order chi connectivity index (χ1) is 2.56. The Morgan fingerprint density at radius 2 is 1.44 bits per heavy atom. The Kier molecular flexibility index (Phi) is 24.5. The molecule has 0 saturated carbocycles. The Bertz CT molecular complexity index is 82.6. The van der Waals surface area contributed by atoms with Crippen LogP contribution in [0.4, 0.5) is 0 Å². The van der Waals surface area contributed by atoms with Crippen LogP contribution in [0.15, 0.2) is 0 Å². The van der Waals surface area contributed by atoms with Gasteiger partial charge in [0.1, 0.15) is 0 Å². The molecule has 4 nitrogen and oxygen atoms in total. The second kappa shape index (κ2) is 9.82. The van der Waals surface area contributed by atoms with Crippen molar-refractivity contribution >= 4 is 7.82 Å². The maximum atomic E-state index is 9.25. The summed E-state index contributed by atoms with van der Waals surface area (Å²) in [6, 6.07) is 0. The molecule has 0 N–H and O–H groups in total. The number of hydrogen-bond acceptors (Lipinski definition) is 4. The van der Waals surface area contributed by atoms with Crippen LogP contribution in [0.1, 0.15) is 0 Å². The predicted molar refractivity (Wildman–Crippen MR) is 14.6 cm³/mol. The summed E-state index contributed by atoms with van der Waals surface area (Å²) in [7, 11) is -3.83. The van der Waals surface area contributed by atoms with Crippen molar-refractivity contribution < 1.29 is 73.7 Å². The van der Waals surface area contributed by atoms with Crippen LogP contribution in [0.3, 0.4) is 0 Å². The molecule has 46 valence electrons. The van der Waals surface area contributed by atoms with Crippen LogP contribution in [0.2, 0.25) is 0 Å². The molecule has 0 aromatic heterocycles. The molecule has 9 heavy (non-hydrogen) atoms. The topological polar surface area (TPSA) is 72.4 Å². The molecular formula is CH3FeLi2O4P. The molecule has 0 aliphatic carbocycles. The average molecular weight is 180 g/mol. The molecule has 0 aromatic carbocycles. The normalized spacial score (nSPS) is 7.89. The van der Waals surface area contributed by atoms with Crippen LogP contribution in [0.5, 0.6) is 0 Å². The van der Waals surface area contributed by atoms with Gasteiger partial charge in [0, 0.05) is 24.2 Å². The van der Waals surface area contributed by atoms with Crippen LogP contribution in [0, 0.1) is 0 Å². The minimum absolute atomic E-state index is 0. The van der Waals surface area contributed by atoms with Crippen molar-refractivity contribution in [3.05, 3.63) is 0 Å². The molecule has 0 unspecified atom stereocenters. The molecule has 0 saturated heterocycles. The maximum Gasteiger partial charge on any atom is 1.00 e. The van der Waals surface area contributed by atoms with Gasteiger partial charge in [-0.15, -0.1) is 0 Å². The molecule has 0 rings (SSSR count). The SMILES string of the molecule is COP(=O)([O-])[O-].[Fe].[Li+].[Li+]. The van der Waals surface area contributed by atoms with Gasteiger partial charge in [-0.05, 0) is 0 Å². The van der Waals surface area contributed by atoms with E-state index in [1.165, 1.54) is 0 Å². The van der Waals surface area contributed by atoms with Gasteiger partial charge in [0.2, 0.25) is 0 Å². The van der Waals surface area contributed by atoms with Crippen molar-refractivity contribution in [2.75, 3.05) is 7.11 Å². The monoisotopic (exact) mass is 180 g/mol. The van der Waals surface area contributed by atoms with Gasteiger partial charge in [-0.3, -0.25) is 0 Å². The number of phosphoric ester groups is 1. The van der Waals surface area contributed by atoms with E-state index in [1.807, 2.05) is 0 Å². The molecule has 0 amide bonds. The first-order valence-corrected chi connectivity index (χ1v) is 2.60. The average Bonchev–Trinajstić information content (AvgIpc) is 1.35. The van der Waals surface area contributed by atoms with Crippen LogP contribution in [-0.4, -0.2) is 7.11 Å². The van der Waals surface area contributed by atoms with Crippen LogP contribution in [0.25, 0.3) is 0 Å². The van der Waals surface area contributed by atoms with Gasteiger partial charge in [-0.1, -0.05) is 0 Å². The van der Waals surface area contributed by atoms with Gasteiger partial charge in [-0.25, -0.2) is 0 Å². The molecule has 0 fully saturated rings. The van der Waals surface area contributed by atoms with E-state index >= 15 is 0 Å². The van der Waals surface area contributed by atoms with E-state index in [2.05, 4.69) is 4.52 Å². The van der Waals surface area contributed by atoms with Crippen LogP contribution in [-0.2, 0) is 26.2 Å². The Morgan fingerprint density at radius 3 is 1.44 bits per heavy atom.